The molecular weight excluding hydrogens is 264 g/mol. The lowest BCUT2D eigenvalue weighted by molar-refractivity contribution is -0.123. The Morgan fingerprint density at radius 3 is 2.76 bits per heavy atom. The van der Waals surface area contributed by atoms with E-state index in [-0.39, 0.29) is 17.5 Å². The van der Waals surface area contributed by atoms with Gasteiger partial charge in [-0.3, -0.25) is 9.59 Å². The van der Waals surface area contributed by atoms with Crippen LogP contribution in [0.4, 0.5) is 0 Å². The van der Waals surface area contributed by atoms with Crippen molar-refractivity contribution in [1.82, 2.24) is 10.3 Å². The molecule has 1 fully saturated rings. The molecule has 0 saturated heterocycles. The molecule has 4 heteroatoms. The van der Waals surface area contributed by atoms with Crippen LogP contribution in [0.5, 0.6) is 0 Å². The number of aromatic amines is 1. The van der Waals surface area contributed by atoms with Crippen LogP contribution in [-0.4, -0.2) is 10.9 Å². The molecule has 114 valence electrons. The first kappa shape index (κ1) is 14.4. The normalized spacial score (nSPS) is 22.6. The molecule has 2 aliphatic rings. The topological polar surface area (TPSA) is 62.0 Å². The molecule has 0 radical (unpaired) electrons. The minimum absolute atomic E-state index is 0.0528. The Labute approximate surface area is 125 Å². The van der Waals surface area contributed by atoms with Crippen molar-refractivity contribution in [2.24, 2.45) is 5.92 Å². The van der Waals surface area contributed by atoms with Gasteiger partial charge in [0.25, 0.3) is 0 Å². The lowest BCUT2D eigenvalue weighted by Crippen LogP contribution is -2.33. The van der Waals surface area contributed by atoms with Crippen molar-refractivity contribution in [2.75, 3.05) is 0 Å². The summed E-state index contributed by atoms with van der Waals surface area (Å²) >= 11 is 0. The van der Waals surface area contributed by atoms with Crippen LogP contribution < -0.4 is 10.9 Å². The quantitative estimate of drug-likeness (QED) is 0.898. The summed E-state index contributed by atoms with van der Waals surface area (Å²) in [6, 6.07) is 3.50. The molecular formula is C17H24N2O2. The van der Waals surface area contributed by atoms with Crippen LogP contribution >= 0.6 is 0 Å². The van der Waals surface area contributed by atoms with Gasteiger partial charge in [0.1, 0.15) is 0 Å². The Bertz CT molecular complexity index is 558. The van der Waals surface area contributed by atoms with Gasteiger partial charge in [-0.1, -0.05) is 19.3 Å². The van der Waals surface area contributed by atoms with Crippen LogP contribution in [0, 0.1) is 5.92 Å². The Balaban J connectivity index is 1.63. The first-order chi connectivity index (χ1) is 10.2. The van der Waals surface area contributed by atoms with Gasteiger partial charge >= 0.3 is 0 Å². The third-order valence-corrected chi connectivity index (χ3v) is 4.87. The maximum absolute atomic E-state index is 12.3. The zero-order valence-corrected chi connectivity index (χ0v) is 12.5. The van der Waals surface area contributed by atoms with Gasteiger partial charge in [0.05, 0.1) is 6.04 Å². The van der Waals surface area contributed by atoms with E-state index in [1.165, 1.54) is 32.1 Å². The smallest absolute Gasteiger partial charge is 0.248 e. The number of hydrogen-bond acceptors (Lipinski definition) is 2. The monoisotopic (exact) mass is 288 g/mol. The molecule has 4 nitrogen and oxygen atoms in total. The number of hydrogen-bond donors (Lipinski definition) is 2. The number of rotatable bonds is 3. The summed E-state index contributed by atoms with van der Waals surface area (Å²) in [7, 11) is 0. The van der Waals surface area contributed by atoms with Gasteiger partial charge in [0.15, 0.2) is 0 Å². The van der Waals surface area contributed by atoms with E-state index in [1.807, 2.05) is 6.07 Å². The number of fused-ring (bicyclic) bond motifs is 1. The molecule has 0 aliphatic heterocycles. The molecule has 1 heterocycles. The zero-order chi connectivity index (χ0) is 14.7. The third-order valence-electron chi connectivity index (χ3n) is 4.87. The van der Waals surface area contributed by atoms with E-state index in [9.17, 15) is 9.59 Å². The average molecular weight is 288 g/mol. The molecule has 1 aromatic heterocycles. The largest absolute Gasteiger partial charge is 0.349 e. The summed E-state index contributed by atoms with van der Waals surface area (Å²) in [5, 5.41) is 3.18. The van der Waals surface area contributed by atoms with E-state index >= 15 is 0 Å². The number of aromatic nitrogens is 1. The van der Waals surface area contributed by atoms with Crippen molar-refractivity contribution in [3.05, 3.63) is 33.7 Å². The van der Waals surface area contributed by atoms with E-state index in [0.29, 0.717) is 12.3 Å². The van der Waals surface area contributed by atoms with Crippen molar-refractivity contribution < 1.29 is 4.79 Å². The van der Waals surface area contributed by atoms with Crippen molar-refractivity contribution in [2.45, 2.75) is 63.8 Å². The van der Waals surface area contributed by atoms with Crippen LogP contribution in [0.25, 0.3) is 0 Å². The standard InChI is InChI=1S/C17H24N2O2/c20-16-10-9-13-14(18-16)7-4-8-15(13)19-17(21)11-12-5-2-1-3-6-12/h9-10,12,15H,1-8,11H2,(H,18,20)(H,19,21). The van der Waals surface area contributed by atoms with Gasteiger partial charge in [0.2, 0.25) is 11.5 Å². The molecule has 0 aromatic carbocycles. The Morgan fingerprint density at radius 2 is 1.95 bits per heavy atom. The summed E-state index contributed by atoms with van der Waals surface area (Å²) in [5.74, 6) is 0.739. The number of pyridine rings is 1. The zero-order valence-electron chi connectivity index (χ0n) is 12.5. The van der Waals surface area contributed by atoms with Gasteiger partial charge < -0.3 is 10.3 Å². The minimum Gasteiger partial charge on any atom is -0.349 e. The number of carbonyl (C=O) groups is 1. The van der Waals surface area contributed by atoms with Crippen LogP contribution in [0.15, 0.2) is 16.9 Å². The van der Waals surface area contributed by atoms with Gasteiger partial charge in [0, 0.05) is 18.2 Å². The van der Waals surface area contributed by atoms with Crippen molar-refractivity contribution in [3.63, 3.8) is 0 Å². The number of nitrogens with one attached hydrogen (secondary N) is 2. The number of amides is 1. The lowest BCUT2D eigenvalue weighted by atomic mass is 9.86. The molecule has 1 saturated carbocycles. The van der Waals surface area contributed by atoms with Gasteiger partial charge in [-0.25, -0.2) is 0 Å². The van der Waals surface area contributed by atoms with Crippen molar-refractivity contribution in [3.8, 4) is 0 Å². The first-order valence-corrected chi connectivity index (χ1v) is 8.24. The van der Waals surface area contributed by atoms with Crippen molar-refractivity contribution >= 4 is 5.91 Å². The Morgan fingerprint density at radius 1 is 1.14 bits per heavy atom. The fourth-order valence-corrected chi connectivity index (χ4v) is 3.76. The van der Waals surface area contributed by atoms with Gasteiger partial charge in [-0.2, -0.15) is 0 Å². The van der Waals surface area contributed by atoms with Gasteiger partial charge in [-0.05, 0) is 49.7 Å². The second-order valence-corrected chi connectivity index (χ2v) is 6.48. The fraction of sp³-hybridized carbons (Fsp3) is 0.647. The van der Waals surface area contributed by atoms with Crippen LogP contribution in [0.1, 0.15) is 68.7 Å². The Hall–Kier alpha value is -1.58. The van der Waals surface area contributed by atoms with E-state index < -0.39 is 0 Å². The highest BCUT2D eigenvalue weighted by molar-refractivity contribution is 5.76. The summed E-state index contributed by atoms with van der Waals surface area (Å²) in [4.78, 5) is 26.6. The summed E-state index contributed by atoms with van der Waals surface area (Å²) in [5.41, 5.74) is 2.04. The average Bonchev–Trinajstić information content (AvgIpc) is 2.48. The van der Waals surface area contributed by atoms with Crippen LogP contribution in [0.3, 0.4) is 0 Å². The second kappa shape index (κ2) is 6.46. The lowest BCUT2D eigenvalue weighted by Gasteiger charge is -2.27. The van der Waals surface area contributed by atoms with Crippen molar-refractivity contribution in [1.29, 1.82) is 0 Å². The molecule has 2 aliphatic carbocycles. The highest BCUT2D eigenvalue weighted by Crippen LogP contribution is 2.29. The number of H-pyrrole nitrogens is 1. The minimum atomic E-state index is -0.0528. The first-order valence-electron chi connectivity index (χ1n) is 8.24. The molecule has 0 spiro atoms. The van der Waals surface area contributed by atoms with Gasteiger partial charge in [-0.15, -0.1) is 0 Å². The summed E-state index contributed by atoms with van der Waals surface area (Å²) in [6.07, 6.45) is 9.80. The number of carbonyl (C=O) groups excluding carboxylic acids is 1. The maximum Gasteiger partial charge on any atom is 0.248 e. The molecule has 3 rings (SSSR count). The van der Waals surface area contributed by atoms with Crippen LogP contribution in [0.2, 0.25) is 0 Å². The molecule has 0 bridgehead atoms. The fourth-order valence-electron chi connectivity index (χ4n) is 3.76. The summed E-state index contributed by atoms with van der Waals surface area (Å²) in [6.45, 7) is 0. The Kier molecular flexibility index (Phi) is 4.42. The van der Waals surface area contributed by atoms with E-state index in [2.05, 4.69) is 10.3 Å². The highest BCUT2D eigenvalue weighted by Gasteiger charge is 2.24. The second-order valence-electron chi connectivity index (χ2n) is 6.48. The summed E-state index contributed by atoms with van der Waals surface area (Å²) < 4.78 is 0. The molecule has 1 unspecified atom stereocenters. The maximum atomic E-state index is 12.3. The highest BCUT2D eigenvalue weighted by atomic mass is 16.1. The molecule has 1 atom stereocenters. The predicted octanol–water partition coefficient (Wildman–Crippen LogP) is 2.84. The molecule has 2 N–H and O–H groups in total. The number of aryl methyl sites for hydroxylation is 1. The van der Waals surface area contributed by atoms with Crippen LogP contribution in [-0.2, 0) is 11.2 Å². The third kappa shape index (κ3) is 3.55. The van der Waals surface area contributed by atoms with E-state index in [4.69, 9.17) is 0 Å². The molecule has 1 aromatic rings. The van der Waals surface area contributed by atoms with E-state index in [0.717, 1.165) is 30.5 Å². The molecule has 1 amide bonds. The predicted molar refractivity (Wildman–Crippen MR) is 82.1 cm³/mol. The molecule has 21 heavy (non-hydrogen) atoms. The van der Waals surface area contributed by atoms with E-state index in [1.54, 1.807) is 6.07 Å². The SMILES string of the molecule is O=C(CC1CCCCC1)NC1CCCc2[nH]c(=O)ccc21.